The van der Waals surface area contributed by atoms with Gasteiger partial charge in [0, 0.05) is 28.8 Å². The number of carbonyl (C=O) groups is 2. The monoisotopic (exact) mass is 464 g/mol. The molecule has 0 saturated heterocycles. The largest absolute Gasteiger partial charge is 0.483 e. The molecule has 0 radical (unpaired) electrons. The summed E-state index contributed by atoms with van der Waals surface area (Å²) in [6.45, 7) is -0.235. The Labute approximate surface area is 194 Å². The summed E-state index contributed by atoms with van der Waals surface area (Å²) in [5.41, 5.74) is 1.44. The van der Waals surface area contributed by atoms with Gasteiger partial charge in [0.2, 0.25) is 0 Å². The van der Waals surface area contributed by atoms with E-state index < -0.39 is 17.5 Å². The second-order valence-electron chi connectivity index (χ2n) is 7.45. The molecule has 3 aromatic rings. The molecule has 3 aromatic carbocycles. The van der Waals surface area contributed by atoms with Gasteiger partial charge >= 0.3 is 11.9 Å². The predicted molar refractivity (Wildman–Crippen MR) is 121 cm³/mol. The van der Waals surface area contributed by atoms with Crippen molar-refractivity contribution in [1.82, 2.24) is 0 Å². The SMILES string of the molecule is COC(=O)COc1ccc2c(c1)Oc1cc(OCSC)ccc1C21OC(=O)c2ccccc21. The predicted octanol–water partition coefficient (Wildman–Crippen LogP) is 4.51. The number of rotatable bonds is 6. The number of hydrogen-bond donors (Lipinski definition) is 0. The van der Waals surface area contributed by atoms with Crippen LogP contribution >= 0.6 is 11.8 Å². The molecule has 0 aliphatic carbocycles. The molecule has 5 rings (SSSR count). The Balaban J connectivity index is 1.66. The van der Waals surface area contributed by atoms with E-state index in [1.54, 1.807) is 42.1 Å². The standard InChI is InChI=1S/C25H20O7S/c1-28-23(26)13-29-15-7-9-19-21(11-15)31-22-12-16(30-14-33-2)8-10-20(22)25(19)18-6-4-3-5-17(18)24(27)32-25/h3-12H,13-14H2,1-2H3. The van der Waals surface area contributed by atoms with E-state index in [-0.39, 0.29) is 6.61 Å². The first-order chi connectivity index (χ1) is 16.1. The maximum atomic E-state index is 12.9. The van der Waals surface area contributed by atoms with E-state index in [0.29, 0.717) is 45.6 Å². The highest BCUT2D eigenvalue weighted by molar-refractivity contribution is 7.98. The van der Waals surface area contributed by atoms with Crippen LogP contribution in [-0.4, -0.2) is 37.8 Å². The van der Waals surface area contributed by atoms with Crippen LogP contribution < -0.4 is 14.2 Å². The number of benzene rings is 3. The van der Waals surface area contributed by atoms with Gasteiger partial charge in [-0.1, -0.05) is 18.2 Å². The second kappa shape index (κ2) is 8.37. The van der Waals surface area contributed by atoms with Crippen LogP contribution in [-0.2, 0) is 19.9 Å². The summed E-state index contributed by atoms with van der Waals surface area (Å²) in [7, 11) is 1.30. The minimum absolute atomic E-state index is 0.235. The van der Waals surface area contributed by atoms with Gasteiger partial charge < -0.3 is 23.7 Å². The Morgan fingerprint density at radius 2 is 1.61 bits per heavy atom. The lowest BCUT2D eigenvalue weighted by atomic mass is 9.77. The molecule has 0 aromatic heterocycles. The zero-order valence-corrected chi connectivity index (χ0v) is 18.8. The van der Waals surface area contributed by atoms with Crippen molar-refractivity contribution in [2.45, 2.75) is 5.60 Å². The minimum Gasteiger partial charge on any atom is -0.483 e. The quantitative estimate of drug-likeness (QED) is 0.390. The number of esters is 2. The van der Waals surface area contributed by atoms with E-state index in [2.05, 4.69) is 4.74 Å². The van der Waals surface area contributed by atoms with Crippen molar-refractivity contribution >= 4 is 23.7 Å². The summed E-state index contributed by atoms with van der Waals surface area (Å²) < 4.78 is 28.3. The normalized spacial score (nSPS) is 17.3. The number of thioether (sulfide) groups is 1. The van der Waals surface area contributed by atoms with Crippen LogP contribution in [0, 0.1) is 0 Å². The summed E-state index contributed by atoms with van der Waals surface area (Å²) in [4.78, 5) is 24.4. The molecular formula is C25H20O7S. The van der Waals surface area contributed by atoms with Crippen LogP contribution in [0.3, 0.4) is 0 Å². The van der Waals surface area contributed by atoms with Crippen molar-refractivity contribution in [3.05, 3.63) is 82.9 Å². The van der Waals surface area contributed by atoms with Gasteiger partial charge in [-0.2, -0.15) is 0 Å². The highest BCUT2D eigenvalue weighted by Gasteiger charge is 2.53. The Morgan fingerprint density at radius 1 is 0.939 bits per heavy atom. The fourth-order valence-electron chi connectivity index (χ4n) is 4.14. The molecule has 2 aliphatic heterocycles. The highest BCUT2D eigenvalue weighted by atomic mass is 32.2. The number of fused-ring (bicyclic) bond motifs is 6. The maximum Gasteiger partial charge on any atom is 0.343 e. The summed E-state index contributed by atoms with van der Waals surface area (Å²) in [6, 6.07) is 18.0. The van der Waals surface area contributed by atoms with E-state index in [1.807, 2.05) is 36.6 Å². The molecule has 1 unspecified atom stereocenters. The van der Waals surface area contributed by atoms with Crippen molar-refractivity contribution < 1.29 is 33.3 Å². The van der Waals surface area contributed by atoms with Crippen LogP contribution in [0.1, 0.15) is 27.0 Å². The van der Waals surface area contributed by atoms with Gasteiger partial charge in [-0.15, -0.1) is 11.8 Å². The van der Waals surface area contributed by atoms with Crippen LogP contribution in [0.15, 0.2) is 60.7 Å². The van der Waals surface area contributed by atoms with Crippen LogP contribution in [0.2, 0.25) is 0 Å². The van der Waals surface area contributed by atoms with Crippen molar-refractivity contribution in [3.63, 3.8) is 0 Å². The van der Waals surface area contributed by atoms with Gasteiger partial charge in [0.15, 0.2) is 12.2 Å². The first-order valence-corrected chi connectivity index (χ1v) is 11.6. The molecule has 8 heteroatoms. The van der Waals surface area contributed by atoms with Crippen LogP contribution in [0.4, 0.5) is 0 Å². The molecule has 1 spiro atoms. The second-order valence-corrected chi connectivity index (χ2v) is 8.26. The van der Waals surface area contributed by atoms with Crippen molar-refractivity contribution in [2.75, 3.05) is 25.9 Å². The molecule has 0 N–H and O–H groups in total. The van der Waals surface area contributed by atoms with Gasteiger partial charge in [0.25, 0.3) is 0 Å². The molecular weight excluding hydrogens is 444 g/mol. The average molecular weight is 464 g/mol. The van der Waals surface area contributed by atoms with Crippen molar-refractivity contribution in [3.8, 4) is 23.0 Å². The fraction of sp³-hybridized carbons (Fsp3) is 0.200. The van der Waals surface area contributed by atoms with Crippen LogP contribution in [0.5, 0.6) is 23.0 Å². The lowest BCUT2D eigenvalue weighted by molar-refractivity contribution is -0.142. The maximum absolute atomic E-state index is 12.9. The lowest BCUT2D eigenvalue weighted by Crippen LogP contribution is -2.33. The van der Waals surface area contributed by atoms with Gasteiger partial charge in [-0.05, 0) is 36.6 Å². The van der Waals surface area contributed by atoms with Gasteiger partial charge in [-0.25, -0.2) is 9.59 Å². The summed E-state index contributed by atoms with van der Waals surface area (Å²) in [5.74, 6) is 1.61. The number of carbonyl (C=O) groups excluding carboxylic acids is 2. The number of hydrogen-bond acceptors (Lipinski definition) is 8. The smallest absolute Gasteiger partial charge is 0.343 e. The first kappa shape index (κ1) is 21.2. The Hall–Kier alpha value is -3.65. The molecule has 33 heavy (non-hydrogen) atoms. The number of ether oxygens (including phenoxy) is 5. The van der Waals surface area contributed by atoms with Crippen molar-refractivity contribution in [2.24, 2.45) is 0 Å². The first-order valence-electron chi connectivity index (χ1n) is 10.2. The molecule has 2 heterocycles. The molecule has 1 atom stereocenters. The third kappa shape index (κ3) is 3.47. The Bertz CT molecular complexity index is 1260. The topological polar surface area (TPSA) is 80.3 Å². The number of methoxy groups -OCH3 is 1. The molecule has 2 aliphatic rings. The summed E-state index contributed by atoms with van der Waals surface area (Å²) in [5, 5.41) is 0. The molecule has 0 amide bonds. The fourth-order valence-corrected chi connectivity index (χ4v) is 4.40. The summed E-state index contributed by atoms with van der Waals surface area (Å²) in [6.07, 6.45) is 1.95. The third-order valence-corrected chi connectivity index (χ3v) is 5.94. The average Bonchev–Trinajstić information content (AvgIpc) is 3.14. The minimum atomic E-state index is -1.17. The van der Waals surface area contributed by atoms with E-state index >= 15 is 0 Å². The van der Waals surface area contributed by atoms with Gasteiger partial charge in [0.1, 0.15) is 28.9 Å². The zero-order chi connectivity index (χ0) is 23.0. The highest BCUT2D eigenvalue weighted by Crippen LogP contribution is 2.57. The van der Waals surface area contributed by atoms with E-state index in [0.717, 1.165) is 5.56 Å². The Kier molecular flexibility index (Phi) is 5.38. The van der Waals surface area contributed by atoms with E-state index in [4.69, 9.17) is 18.9 Å². The van der Waals surface area contributed by atoms with E-state index in [9.17, 15) is 9.59 Å². The third-order valence-electron chi connectivity index (χ3n) is 5.58. The molecule has 0 fully saturated rings. The molecule has 0 saturated carbocycles. The van der Waals surface area contributed by atoms with E-state index in [1.165, 1.54) is 7.11 Å². The Morgan fingerprint density at radius 3 is 2.27 bits per heavy atom. The molecule has 0 bridgehead atoms. The lowest BCUT2D eigenvalue weighted by Gasteiger charge is -2.36. The molecule has 168 valence electrons. The van der Waals surface area contributed by atoms with Gasteiger partial charge in [0.05, 0.1) is 12.7 Å². The van der Waals surface area contributed by atoms with Gasteiger partial charge in [-0.3, -0.25) is 0 Å². The van der Waals surface area contributed by atoms with Crippen molar-refractivity contribution in [1.29, 1.82) is 0 Å². The summed E-state index contributed by atoms with van der Waals surface area (Å²) >= 11 is 1.56. The molecule has 7 nitrogen and oxygen atoms in total. The zero-order valence-electron chi connectivity index (χ0n) is 18.0. The van der Waals surface area contributed by atoms with Crippen LogP contribution in [0.25, 0.3) is 0 Å².